The van der Waals surface area contributed by atoms with Gasteiger partial charge in [0.05, 0.1) is 5.56 Å². The summed E-state index contributed by atoms with van der Waals surface area (Å²) in [7, 11) is 0. The molecule has 1 amide bonds. The summed E-state index contributed by atoms with van der Waals surface area (Å²) >= 11 is 0. The SMILES string of the molecule is CC(=O)NC(C(=O)O)c1ccc(O)c(C(C)=O)c1. The number of aromatic hydroxyl groups is 1. The largest absolute Gasteiger partial charge is 0.507 e. The molecular weight excluding hydrogens is 238 g/mol. The number of carbonyl (C=O) groups is 3. The molecule has 96 valence electrons. The van der Waals surface area contributed by atoms with Gasteiger partial charge in [-0.3, -0.25) is 9.59 Å². The van der Waals surface area contributed by atoms with E-state index in [4.69, 9.17) is 5.11 Å². The minimum absolute atomic E-state index is 0.0177. The summed E-state index contributed by atoms with van der Waals surface area (Å²) in [6.07, 6.45) is 0. The quantitative estimate of drug-likeness (QED) is 0.688. The van der Waals surface area contributed by atoms with Crippen molar-refractivity contribution in [2.24, 2.45) is 0 Å². The van der Waals surface area contributed by atoms with E-state index in [9.17, 15) is 19.5 Å². The van der Waals surface area contributed by atoms with Crippen LogP contribution in [0, 0.1) is 0 Å². The molecule has 6 heteroatoms. The first kappa shape index (κ1) is 13.7. The first-order chi connectivity index (χ1) is 8.32. The van der Waals surface area contributed by atoms with Crippen LogP contribution in [0.5, 0.6) is 5.75 Å². The summed E-state index contributed by atoms with van der Waals surface area (Å²) in [6.45, 7) is 2.45. The van der Waals surface area contributed by atoms with E-state index in [0.717, 1.165) is 0 Å². The standard InChI is InChI=1S/C12H13NO5/c1-6(14)9-5-8(3-4-10(9)16)11(12(17)18)13-7(2)15/h3-5,11,16H,1-2H3,(H,13,15)(H,17,18). The number of benzene rings is 1. The molecule has 0 aliphatic carbocycles. The number of phenolic OH excluding ortho intramolecular Hbond substituents is 1. The fourth-order valence-corrected chi connectivity index (χ4v) is 1.51. The number of aliphatic carboxylic acids is 1. The number of hydrogen-bond acceptors (Lipinski definition) is 4. The molecule has 0 heterocycles. The van der Waals surface area contributed by atoms with Gasteiger partial charge in [0.15, 0.2) is 11.8 Å². The highest BCUT2D eigenvalue weighted by molar-refractivity contribution is 5.97. The molecule has 0 fully saturated rings. The van der Waals surface area contributed by atoms with Crippen molar-refractivity contribution in [2.75, 3.05) is 0 Å². The maximum atomic E-state index is 11.2. The molecule has 0 spiro atoms. The third kappa shape index (κ3) is 3.07. The molecule has 0 aromatic heterocycles. The Bertz CT molecular complexity index is 509. The van der Waals surface area contributed by atoms with Crippen LogP contribution in [0.4, 0.5) is 0 Å². The summed E-state index contributed by atoms with van der Waals surface area (Å²) in [5.74, 6) is -2.36. The predicted molar refractivity (Wildman–Crippen MR) is 62.3 cm³/mol. The van der Waals surface area contributed by atoms with Crippen LogP contribution in [0.2, 0.25) is 0 Å². The Morgan fingerprint density at radius 2 is 1.83 bits per heavy atom. The van der Waals surface area contributed by atoms with Crippen molar-refractivity contribution < 1.29 is 24.6 Å². The highest BCUT2D eigenvalue weighted by Crippen LogP contribution is 2.23. The molecule has 6 nitrogen and oxygen atoms in total. The van der Waals surface area contributed by atoms with E-state index in [1.54, 1.807) is 0 Å². The van der Waals surface area contributed by atoms with Crippen LogP contribution < -0.4 is 5.32 Å². The van der Waals surface area contributed by atoms with Crippen molar-refractivity contribution in [2.45, 2.75) is 19.9 Å². The lowest BCUT2D eigenvalue weighted by Crippen LogP contribution is -2.32. The molecule has 0 aliphatic rings. The van der Waals surface area contributed by atoms with Crippen LogP contribution in [-0.2, 0) is 9.59 Å². The third-order valence-electron chi connectivity index (χ3n) is 2.33. The zero-order valence-electron chi connectivity index (χ0n) is 9.93. The van der Waals surface area contributed by atoms with Gasteiger partial charge in [0.2, 0.25) is 5.91 Å². The van der Waals surface area contributed by atoms with Gasteiger partial charge < -0.3 is 15.5 Å². The third-order valence-corrected chi connectivity index (χ3v) is 2.33. The predicted octanol–water partition coefficient (Wildman–Crippen LogP) is 0.857. The van der Waals surface area contributed by atoms with Crippen LogP contribution >= 0.6 is 0 Å². The molecule has 1 aromatic carbocycles. The van der Waals surface area contributed by atoms with Crippen LogP contribution in [0.3, 0.4) is 0 Å². The zero-order chi connectivity index (χ0) is 13.9. The second-order valence-electron chi connectivity index (χ2n) is 3.80. The monoisotopic (exact) mass is 251 g/mol. The van der Waals surface area contributed by atoms with Gasteiger partial charge in [-0.25, -0.2) is 4.79 Å². The van der Waals surface area contributed by atoms with Gasteiger partial charge in [0.1, 0.15) is 5.75 Å². The number of carboxylic acids is 1. The molecule has 0 saturated carbocycles. The van der Waals surface area contributed by atoms with Crippen molar-refractivity contribution in [1.82, 2.24) is 5.32 Å². The molecule has 1 atom stereocenters. The number of hydrogen-bond donors (Lipinski definition) is 3. The summed E-state index contributed by atoms with van der Waals surface area (Å²) in [4.78, 5) is 33.2. The Kier molecular flexibility index (Phi) is 4.04. The van der Waals surface area contributed by atoms with E-state index in [1.165, 1.54) is 32.0 Å². The Labute approximate surface area is 103 Å². The van der Waals surface area contributed by atoms with Gasteiger partial charge >= 0.3 is 5.97 Å². The number of carbonyl (C=O) groups excluding carboxylic acids is 2. The van der Waals surface area contributed by atoms with Gasteiger partial charge in [-0.05, 0) is 24.6 Å². The topological polar surface area (TPSA) is 104 Å². The molecule has 0 aliphatic heterocycles. The highest BCUT2D eigenvalue weighted by Gasteiger charge is 2.22. The second-order valence-corrected chi connectivity index (χ2v) is 3.80. The zero-order valence-corrected chi connectivity index (χ0v) is 9.93. The average Bonchev–Trinajstić information content (AvgIpc) is 2.26. The van der Waals surface area contributed by atoms with Crippen LogP contribution in [0.15, 0.2) is 18.2 Å². The van der Waals surface area contributed by atoms with E-state index in [2.05, 4.69) is 5.32 Å². The van der Waals surface area contributed by atoms with Gasteiger partial charge in [0.25, 0.3) is 0 Å². The van der Waals surface area contributed by atoms with Gasteiger partial charge in [-0.15, -0.1) is 0 Å². The number of amides is 1. The lowest BCUT2D eigenvalue weighted by molar-refractivity contribution is -0.141. The van der Waals surface area contributed by atoms with Crippen molar-refractivity contribution in [3.8, 4) is 5.75 Å². The van der Waals surface area contributed by atoms with E-state index in [0.29, 0.717) is 0 Å². The molecule has 0 saturated heterocycles. The fourth-order valence-electron chi connectivity index (χ4n) is 1.51. The van der Waals surface area contributed by atoms with Gasteiger partial charge in [0, 0.05) is 6.92 Å². The Hall–Kier alpha value is -2.37. The summed E-state index contributed by atoms with van der Waals surface area (Å²) in [6, 6.07) is 2.58. The Morgan fingerprint density at radius 1 is 1.22 bits per heavy atom. The lowest BCUT2D eigenvalue weighted by Gasteiger charge is -2.14. The molecule has 3 N–H and O–H groups in total. The Morgan fingerprint density at radius 3 is 2.28 bits per heavy atom. The second kappa shape index (κ2) is 5.31. The van der Waals surface area contributed by atoms with Crippen LogP contribution in [0.1, 0.15) is 35.8 Å². The lowest BCUT2D eigenvalue weighted by atomic mass is 10.0. The number of rotatable bonds is 4. The molecular formula is C12H13NO5. The Balaban J connectivity index is 3.21. The smallest absolute Gasteiger partial charge is 0.330 e. The van der Waals surface area contributed by atoms with Crippen molar-refractivity contribution in [3.05, 3.63) is 29.3 Å². The van der Waals surface area contributed by atoms with Crippen molar-refractivity contribution >= 4 is 17.7 Å². The van der Waals surface area contributed by atoms with Crippen LogP contribution in [0.25, 0.3) is 0 Å². The molecule has 0 bridgehead atoms. The summed E-state index contributed by atoms with van der Waals surface area (Å²) in [5, 5.41) is 20.7. The minimum Gasteiger partial charge on any atom is -0.507 e. The fraction of sp³-hybridized carbons (Fsp3) is 0.250. The first-order valence-electron chi connectivity index (χ1n) is 5.16. The maximum absolute atomic E-state index is 11.2. The molecule has 1 unspecified atom stereocenters. The van der Waals surface area contributed by atoms with E-state index in [1.807, 2.05) is 0 Å². The number of ketones is 1. The van der Waals surface area contributed by atoms with Gasteiger partial charge in [-0.2, -0.15) is 0 Å². The highest BCUT2D eigenvalue weighted by atomic mass is 16.4. The molecule has 1 rings (SSSR count). The minimum atomic E-state index is -1.25. The van der Waals surface area contributed by atoms with Gasteiger partial charge in [-0.1, -0.05) is 6.07 Å². The van der Waals surface area contributed by atoms with E-state index < -0.39 is 17.9 Å². The number of nitrogens with one attached hydrogen (secondary N) is 1. The molecule has 1 aromatic rings. The normalized spacial score (nSPS) is 11.7. The average molecular weight is 251 g/mol. The summed E-state index contributed by atoms with van der Waals surface area (Å²) < 4.78 is 0. The van der Waals surface area contributed by atoms with Crippen molar-refractivity contribution in [3.63, 3.8) is 0 Å². The van der Waals surface area contributed by atoms with E-state index >= 15 is 0 Å². The number of phenols is 1. The molecule has 0 radical (unpaired) electrons. The van der Waals surface area contributed by atoms with Crippen LogP contribution in [-0.4, -0.2) is 27.9 Å². The van der Waals surface area contributed by atoms with E-state index in [-0.39, 0.29) is 22.7 Å². The number of carboxylic acid groups (broad SMARTS) is 1. The molecule has 18 heavy (non-hydrogen) atoms. The maximum Gasteiger partial charge on any atom is 0.330 e. The number of Topliss-reactive ketones (excluding diaryl/α,β-unsaturated/α-hetero) is 1. The van der Waals surface area contributed by atoms with Crippen molar-refractivity contribution in [1.29, 1.82) is 0 Å². The summed E-state index contributed by atoms with van der Waals surface area (Å²) in [5.41, 5.74) is 0.241. The first-order valence-corrected chi connectivity index (χ1v) is 5.16.